The topological polar surface area (TPSA) is 46.3 Å². The summed E-state index contributed by atoms with van der Waals surface area (Å²) in [4.78, 5) is 14.1. The van der Waals surface area contributed by atoms with Crippen LogP contribution < -0.4 is 5.73 Å². The molecule has 2 rings (SSSR count). The lowest BCUT2D eigenvalue weighted by Gasteiger charge is -2.30. The molecule has 0 saturated carbocycles. The van der Waals surface area contributed by atoms with E-state index in [1.165, 1.54) is 0 Å². The molecule has 1 atom stereocenters. The van der Waals surface area contributed by atoms with Crippen LogP contribution in [0.2, 0.25) is 0 Å². The van der Waals surface area contributed by atoms with Crippen LogP contribution in [-0.2, 0) is 0 Å². The Morgan fingerprint density at radius 1 is 1.50 bits per heavy atom. The average molecular weight is 236 g/mol. The number of carbonyl (C=O) groups is 1. The van der Waals surface area contributed by atoms with Crippen molar-refractivity contribution >= 4 is 23.4 Å². The van der Waals surface area contributed by atoms with E-state index in [2.05, 4.69) is 6.92 Å². The molecule has 0 aliphatic carbocycles. The van der Waals surface area contributed by atoms with Crippen LogP contribution in [0.1, 0.15) is 17.3 Å². The van der Waals surface area contributed by atoms with Gasteiger partial charge in [-0.3, -0.25) is 4.79 Å². The predicted octanol–water partition coefficient (Wildman–Crippen LogP) is 1.85. The first-order chi connectivity index (χ1) is 7.68. The summed E-state index contributed by atoms with van der Waals surface area (Å²) < 4.78 is 0. The van der Waals surface area contributed by atoms with Crippen LogP contribution in [-0.4, -0.2) is 34.9 Å². The number of benzene rings is 1. The fourth-order valence-corrected chi connectivity index (χ4v) is 2.88. The van der Waals surface area contributed by atoms with Gasteiger partial charge < -0.3 is 10.6 Å². The lowest BCUT2D eigenvalue weighted by molar-refractivity contribution is 0.0764. The predicted molar refractivity (Wildman–Crippen MR) is 68.7 cm³/mol. The third-order valence-corrected chi connectivity index (χ3v) is 3.86. The molecule has 1 aromatic rings. The van der Waals surface area contributed by atoms with E-state index in [0.29, 0.717) is 16.5 Å². The molecule has 1 amide bonds. The Labute approximate surface area is 100.0 Å². The summed E-state index contributed by atoms with van der Waals surface area (Å²) in [6.07, 6.45) is 0. The number of amides is 1. The van der Waals surface area contributed by atoms with Gasteiger partial charge in [-0.15, -0.1) is 0 Å². The molecule has 86 valence electrons. The molecule has 1 heterocycles. The summed E-state index contributed by atoms with van der Waals surface area (Å²) >= 11 is 1.91. The molecule has 3 nitrogen and oxygen atoms in total. The van der Waals surface area contributed by atoms with Crippen LogP contribution in [0.15, 0.2) is 24.3 Å². The average Bonchev–Trinajstić information content (AvgIpc) is 2.29. The Hall–Kier alpha value is -1.16. The van der Waals surface area contributed by atoms with Gasteiger partial charge in [0.2, 0.25) is 0 Å². The van der Waals surface area contributed by atoms with Crippen LogP contribution in [0.4, 0.5) is 5.69 Å². The van der Waals surface area contributed by atoms with Crippen LogP contribution in [0.5, 0.6) is 0 Å². The van der Waals surface area contributed by atoms with Gasteiger partial charge in [-0.05, 0) is 12.1 Å². The van der Waals surface area contributed by atoms with Crippen molar-refractivity contribution in [1.82, 2.24) is 4.90 Å². The zero-order chi connectivity index (χ0) is 11.5. The number of anilines is 1. The smallest absolute Gasteiger partial charge is 0.256 e. The number of nitrogens with two attached hydrogens (primary N) is 1. The minimum atomic E-state index is 0.0604. The second-order valence-electron chi connectivity index (χ2n) is 4.02. The van der Waals surface area contributed by atoms with E-state index in [1.54, 1.807) is 12.1 Å². The molecule has 1 aromatic carbocycles. The van der Waals surface area contributed by atoms with Crippen LogP contribution >= 0.6 is 11.8 Å². The number of rotatable bonds is 1. The minimum absolute atomic E-state index is 0.0604. The van der Waals surface area contributed by atoms with Gasteiger partial charge in [0, 0.05) is 29.8 Å². The molecule has 0 aromatic heterocycles. The number of hydrogen-bond donors (Lipinski definition) is 1. The van der Waals surface area contributed by atoms with Crippen molar-refractivity contribution in [2.75, 3.05) is 24.6 Å². The van der Waals surface area contributed by atoms with Crippen LogP contribution in [0.3, 0.4) is 0 Å². The quantitative estimate of drug-likeness (QED) is 0.757. The Morgan fingerprint density at radius 3 is 2.94 bits per heavy atom. The van der Waals surface area contributed by atoms with Gasteiger partial charge in [0.05, 0.1) is 5.56 Å². The maximum Gasteiger partial charge on any atom is 0.256 e. The number of hydrogen-bond acceptors (Lipinski definition) is 3. The highest BCUT2D eigenvalue weighted by atomic mass is 32.2. The van der Waals surface area contributed by atoms with Gasteiger partial charge in [0.25, 0.3) is 5.91 Å². The van der Waals surface area contributed by atoms with Gasteiger partial charge >= 0.3 is 0 Å². The van der Waals surface area contributed by atoms with Crippen molar-refractivity contribution in [3.63, 3.8) is 0 Å². The van der Waals surface area contributed by atoms with E-state index in [0.717, 1.165) is 18.8 Å². The van der Waals surface area contributed by atoms with Gasteiger partial charge in [0.15, 0.2) is 0 Å². The lowest BCUT2D eigenvalue weighted by Crippen LogP contribution is -2.41. The van der Waals surface area contributed by atoms with Crippen molar-refractivity contribution in [2.24, 2.45) is 0 Å². The Bertz CT molecular complexity index is 394. The van der Waals surface area contributed by atoms with Gasteiger partial charge in [-0.1, -0.05) is 19.1 Å². The lowest BCUT2D eigenvalue weighted by atomic mass is 10.1. The van der Waals surface area contributed by atoms with Crippen LogP contribution in [0.25, 0.3) is 0 Å². The third-order valence-electron chi connectivity index (χ3n) is 2.72. The van der Waals surface area contributed by atoms with Gasteiger partial charge in [0.1, 0.15) is 0 Å². The monoisotopic (exact) mass is 236 g/mol. The molecule has 2 N–H and O–H groups in total. The maximum atomic E-state index is 12.2. The molecule has 4 heteroatoms. The molecule has 1 unspecified atom stereocenters. The normalized spacial score (nSPS) is 20.8. The Kier molecular flexibility index (Phi) is 3.39. The first kappa shape index (κ1) is 11.3. The summed E-state index contributed by atoms with van der Waals surface area (Å²) in [7, 11) is 0. The number of nitrogen functional groups attached to an aromatic ring is 1. The summed E-state index contributed by atoms with van der Waals surface area (Å²) in [5.74, 6) is 1.07. The fourth-order valence-electron chi connectivity index (χ4n) is 1.87. The molecule has 0 radical (unpaired) electrons. The summed E-state index contributed by atoms with van der Waals surface area (Å²) in [6, 6.07) is 7.27. The molecule has 1 saturated heterocycles. The SMILES string of the molecule is CC1CN(C(=O)c2ccccc2N)CCS1. The highest BCUT2D eigenvalue weighted by Crippen LogP contribution is 2.21. The molecule has 0 spiro atoms. The van der Waals surface area contributed by atoms with E-state index in [1.807, 2.05) is 28.8 Å². The molecule has 1 aliphatic heterocycles. The van der Waals surface area contributed by atoms with Gasteiger partial charge in [-0.25, -0.2) is 0 Å². The number of carbonyl (C=O) groups excluding carboxylic acids is 1. The van der Waals surface area contributed by atoms with E-state index in [-0.39, 0.29) is 5.91 Å². The van der Waals surface area contributed by atoms with Crippen molar-refractivity contribution in [3.05, 3.63) is 29.8 Å². The van der Waals surface area contributed by atoms with E-state index >= 15 is 0 Å². The van der Waals surface area contributed by atoms with Crippen molar-refractivity contribution in [3.8, 4) is 0 Å². The first-order valence-electron chi connectivity index (χ1n) is 5.44. The highest BCUT2D eigenvalue weighted by Gasteiger charge is 2.23. The van der Waals surface area contributed by atoms with Crippen molar-refractivity contribution < 1.29 is 4.79 Å². The van der Waals surface area contributed by atoms with Gasteiger partial charge in [-0.2, -0.15) is 11.8 Å². The molecule has 16 heavy (non-hydrogen) atoms. The molecule has 1 aliphatic rings. The standard InChI is InChI=1S/C12H16N2OS/c1-9-8-14(6-7-16-9)12(15)10-4-2-3-5-11(10)13/h2-5,9H,6-8,13H2,1H3. The largest absolute Gasteiger partial charge is 0.398 e. The van der Waals surface area contributed by atoms with Crippen molar-refractivity contribution in [1.29, 1.82) is 0 Å². The molecular formula is C12H16N2OS. The second kappa shape index (κ2) is 4.78. The first-order valence-corrected chi connectivity index (χ1v) is 6.48. The molecule has 0 bridgehead atoms. The maximum absolute atomic E-state index is 12.2. The van der Waals surface area contributed by atoms with E-state index in [4.69, 9.17) is 5.73 Å². The Balaban J connectivity index is 2.16. The summed E-state index contributed by atoms with van der Waals surface area (Å²) in [5, 5.41) is 0.516. The zero-order valence-corrected chi connectivity index (χ0v) is 10.2. The van der Waals surface area contributed by atoms with Crippen molar-refractivity contribution in [2.45, 2.75) is 12.2 Å². The number of nitrogens with zero attached hydrogens (tertiary/aromatic N) is 1. The second-order valence-corrected chi connectivity index (χ2v) is 5.57. The third kappa shape index (κ3) is 2.32. The summed E-state index contributed by atoms with van der Waals surface area (Å²) in [5.41, 5.74) is 7.00. The molecule has 1 fully saturated rings. The minimum Gasteiger partial charge on any atom is -0.398 e. The Morgan fingerprint density at radius 2 is 2.25 bits per heavy atom. The van der Waals surface area contributed by atoms with Crippen LogP contribution in [0, 0.1) is 0 Å². The fraction of sp³-hybridized carbons (Fsp3) is 0.417. The van der Waals surface area contributed by atoms with E-state index < -0.39 is 0 Å². The van der Waals surface area contributed by atoms with E-state index in [9.17, 15) is 4.79 Å². The number of para-hydroxylation sites is 1. The summed E-state index contributed by atoms with van der Waals surface area (Å²) in [6.45, 7) is 3.79. The zero-order valence-electron chi connectivity index (χ0n) is 9.35. The molecular weight excluding hydrogens is 220 g/mol. The number of thioether (sulfide) groups is 1. The highest BCUT2D eigenvalue weighted by molar-refractivity contribution is 7.99.